The number of thiazole rings is 1. The minimum absolute atomic E-state index is 0.246. The number of nitrogens with one attached hydrogen (secondary N) is 1. The molecule has 4 aromatic rings. The van der Waals surface area contributed by atoms with Crippen LogP contribution in [-0.2, 0) is 20.9 Å². The van der Waals surface area contributed by atoms with E-state index in [2.05, 4.69) is 5.32 Å². The van der Waals surface area contributed by atoms with Crippen molar-refractivity contribution in [2.24, 2.45) is 5.92 Å². The Kier molecular flexibility index (Phi) is 7.08. The smallest absolute Gasteiger partial charge is 0.308 e. The Labute approximate surface area is 247 Å². The van der Waals surface area contributed by atoms with E-state index in [4.69, 9.17) is 23.2 Å². The standard InChI is InChI=1S/C29H21Cl2N3O4S2/c1-15-7-5-8-16(13-15)32-20(35)14-33-28-25(40-29(33)38)21(18-11-6-12-19(30)23(18)31)22-24(39-28)27(37)34(26(22)36)17-9-3-2-4-10-17/h2-13,21-22,24H,14H2,1H3,(H,32,35)/t21-,22-,24+/m0/s1. The van der Waals surface area contributed by atoms with Gasteiger partial charge < -0.3 is 5.32 Å². The first-order chi connectivity index (χ1) is 19.2. The van der Waals surface area contributed by atoms with E-state index in [1.807, 2.05) is 31.2 Å². The van der Waals surface area contributed by atoms with Crippen molar-refractivity contribution in [3.63, 3.8) is 0 Å². The molecule has 2 aliphatic rings. The number of amides is 3. The monoisotopic (exact) mass is 609 g/mol. The van der Waals surface area contributed by atoms with Crippen LogP contribution in [0.3, 0.4) is 0 Å². The Morgan fingerprint density at radius 2 is 1.70 bits per heavy atom. The van der Waals surface area contributed by atoms with Crippen molar-refractivity contribution in [2.75, 3.05) is 10.2 Å². The summed E-state index contributed by atoms with van der Waals surface area (Å²) in [6.07, 6.45) is 0. The molecule has 0 spiro atoms. The number of aryl methyl sites for hydroxylation is 1. The van der Waals surface area contributed by atoms with Gasteiger partial charge in [-0.25, -0.2) is 4.90 Å². The predicted molar refractivity (Wildman–Crippen MR) is 159 cm³/mol. The lowest BCUT2D eigenvalue weighted by Crippen LogP contribution is -2.33. The molecule has 1 N–H and O–H groups in total. The highest BCUT2D eigenvalue weighted by Crippen LogP contribution is 2.55. The van der Waals surface area contributed by atoms with Crippen LogP contribution in [0.5, 0.6) is 0 Å². The van der Waals surface area contributed by atoms with Gasteiger partial charge in [-0.2, -0.15) is 0 Å². The zero-order valence-corrected chi connectivity index (χ0v) is 24.1. The van der Waals surface area contributed by atoms with Gasteiger partial charge in [0, 0.05) is 16.5 Å². The molecule has 3 amide bonds. The van der Waals surface area contributed by atoms with E-state index >= 15 is 0 Å². The number of rotatable bonds is 5. The summed E-state index contributed by atoms with van der Waals surface area (Å²) in [4.78, 5) is 55.4. The van der Waals surface area contributed by atoms with Crippen LogP contribution in [0.2, 0.25) is 10.0 Å². The number of hydrogen-bond acceptors (Lipinski definition) is 6. The van der Waals surface area contributed by atoms with Crippen LogP contribution in [0.1, 0.15) is 21.9 Å². The molecule has 3 heterocycles. The molecule has 2 aliphatic heterocycles. The fraction of sp³-hybridized carbons (Fsp3) is 0.172. The van der Waals surface area contributed by atoms with Gasteiger partial charge in [-0.3, -0.25) is 23.7 Å². The molecule has 40 heavy (non-hydrogen) atoms. The summed E-state index contributed by atoms with van der Waals surface area (Å²) in [5, 5.41) is 3.05. The number of thioether (sulfide) groups is 1. The third kappa shape index (κ3) is 4.56. The van der Waals surface area contributed by atoms with Crippen molar-refractivity contribution in [1.82, 2.24) is 4.57 Å². The highest BCUT2D eigenvalue weighted by molar-refractivity contribution is 8.00. The number of nitrogens with zero attached hydrogens (tertiary/aromatic N) is 2. The summed E-state index contributed by atoms with van der Waals surface area (Å²) < 4.78 is 1.38. The van der Waals surface area contributed by atoms with E-state index in [0.29, 0.717) is 31.9 Å². The molecular weight excluding hydrogens is 589 g/mol. The number of benzene rings is 3. The number of hydrogen-bond donors (Lipinski definition) is 1. The van der Waals surface area contributed by atoms with Gasteiger partial charge in [-0.15, -0.1) is 0 Å². The van der Waals surface area contributed by atoms with Crippen LogP contribution in [0.4, 0.5) is 11.4 Å². The Morgan fingerprint density at radius 3 is 2.45 bits per heavy atom. The Morgan fingerprint density at radius 1 is 0.950 bits per heavy atom. The van der Waals surface area contributed by atoms with Gasteiger partial charge in [-0.05, 0) is 48.4 Å². The summed E-state index contributed by atoms with van der Waals surface area (Å²) in [6.45, 7) is 1.67. The molecule has 0 unspecified atom stereocenters. The maximum absolute atomic E-state index is 13.9. The molecule has 6 rings (SSSR count). The van der Waals surface area contributed by atoms with E-state index in [1.54, 1.807) is 48.5 Å². The van der Waals surface area contributed by atoms with Crippen LogP contribution >= 0.6 is 46.3 Å². The molecule has 0 radical (unpaired) electrons. The lowest BCUT2D eigenvalue weighted by Gasteiger charge is -2.31. The lowest BCUT2D eigenvalue weighted by molar-refractivity contribution is -0.122. The van der Waals surface area contributed by atoms with Gasteiger partial charge in [0.15, 0.2) is 0 Å². The van der Waals surface area contributed by atoms with E-state index in [-0.39, 0.29) is 34.2 Å². The Hall–Kier alpha value is -3.37. The van der Waals surface area contributed by atoms with Crippen LogP contribution < -0.4 is 15.1 Å². The van der Waals surface area contributed by atoms with Crippen molar-refractivity contribution < 1.29 is 14.4 Å². The minimum atomic E-state index is -0.819. The number of imide groups is 1. The fourth-order valence-electron chi connectivity index (χ4n) is 5.25. The maximum Gasteiger partial charge on any atom is 0.308 e. The molecule has 1 fully saturated rings. The first-order valence-corrected chi connectivity index (χ1v) is 14.8. The zero-order valence-electron chi connectivity index (χ0n) is 21.0. The Balaban J connectivity index is 1.44. The molecule has 0 bridgehead atoms. The molecule has 3 aromatic carbocycles. The van der Waals surface area contributed by atoms with Gasteiger partial charge in [0.1, 0.15) is 11.8 Å². The topological polar surface area (TPSA) is 88.5 Å². The summed E-state index contributed by atoms with van der Waals surface area (Å²) in [5.41, 5.74) is 2.63. The average Bonchev–Trinajstić information content (AvgIpc) is 3.37. The number of carbonyl (C=O) groups is 3. The van der Waals surface area contributed by atoms with Crippen molar-refractivity contribution in [1.29, 1.82) is 0 Å². The van der Waals surface area contributed by atoms with Crippen molar-refractivity contribution in [3.05, 3.63) is 109 Å². The molecule has 3 atom stereocenters. The van der Waals surface area contributed by atoms with Gasteiger partial charge in [0.25, 0.3) is 0 Å². The second-order valence-corrected chi connectivity index (χ2v) is 12.5. The summed E-state index contributed by atoms with van der Waals surface area (Å²) >= 11 is 15.1. The van der Waals surface area contributed by atoms with Gasteiger partial charge in [0.2, 0.25) is 17.7 Å². The van der Waals surface area contributed by atoms with E-state index in [0.717, 1.165) is 28.7 Å². The number of anilines is 2. The zero-order chi connectivity index (χ0) is 28.1. The van der Waals surface area contributed by atoms with Crippen molar-refractivity contribution in [2.45, 2.75) is 29.7 Å². The van der Waals surface area contributed by atoms with Gasteiger partial charge in [0.05, 0.1) is 26.7 Å². The largest absolute Gasteiger partial charge is 0.325 e. The number of halogens is 2. The second kappa shape index (κ2) is 10.6. The van der Waals surface area contributed by atoms with Gasteiger partial charge in [-0.1, -0.05) is 88.8 Å². The molecule has 11 heteroatoms. The minimum Gasteiger partial charge on any atom is -0.325 e. The normalized spacial score (nSPS) is 19.9. The average molecular weight is 611 g/mol. The molecule has 1 saturated heterocycles. The number of carbonyl (C=O) groups excluding carboxylic acids is 3. The second-order valence-electron chi connectivity index (χ2n) is 9.57. The number of aromatic nitrogens is 1. The van der Waals surface area contributed by atoms with Crippen LogP contribution in [0, 0.1) is 12.8 Å². The first-order valence-electron chi connectivity index (χ1n) is 12.4. The van der Waals surface area contributed by atoms with Crippen LogP contribution in [0.15, 0.2) is 82.6 Å². The third-order valence-electron chi connectivity index (χ3n) is 6.98. The first kappa shape index (κ1) is 26.8. The number of para-hydroxylation sites is 1. The fourth-order valence-corrected chi connectivity index (χ4v) is 8.44. The highest BCUT2D eigenvalue weighted by atomic mass is 35.5. The predicted octanol–water partition coefficient (Wildman–Crippen LogP) is 5.96. The lowest BCUT2D eigenvalue weighted by atomic mass is 9.83. The van der Waals surface area contributed by atoms with E-state index in [9.17, 15) is 19.2 Å². The molecule has 7 nitrogen and oxygen atoms in total. The summed E-state index contributed by atoms with van der Waals surface area (Å²) in [5.74, 6) is -2.64. The molecular formula is C29H21Cl2N3O4S2. The summed E-state index contributed by atoms with van der Waals surface area (Å²) in [7, 11) is 0. The summed E-state index contributed by atoms with van der Waals surface area (Å²) in [6, 6.07) is 21.2. The van der Waals surface area contributed by atoms with Crippen LogP contribution in [0.25, 0.3) is 0 Å². The molecule has 202 valence electrons. The highest BCUT2D eigenvalue weighted by Gasteiger charge is 2.57. The molecule has 0 aliphatic carbocycles. The Bertz CT molecular complexity index is 1740. The van der Waals surface area contributed by atoms with Crippen molar-refractivity contribution >= 4 is 75.4 Å². The van der Waals surface area contributed by atoms with Gasteiger partial charge >= 0.3 is 4.87 Å². The van der Waals surface area contributed by atoms with Crippen molar-refractivity contribution in [3.8, 4) is 0 Å². The van der Waals surface area contributed by atoms with E-state index < -0.39 is 17.1 Å². The van der Waals surface area contributed by atoms with Crippen LogP contribution in [-0.4, -0.2) is 27.5 Å². The number of fused-ring (bicyclic) bond motifs is 2. The quantitative estimate of drug-likeness (QED) is 0.282. The molecule has 1 aromatic heterocycles. The molecule has 0 saturated carbocycles. The third-order valence-corrected chi connectivity index (χ3v) is 10.4. The maximum atomic E-state index is 13.9. The SMILES string of the molecule is Cc1cccc(NC(=O)Cn2c3c(sc2=O)[C@@H](c2cccc(Cl)c2Cl)[C@@H]2C(=O)N(c4ccccc4)C(=O)[C@@H]2S3)c1. The van der Waals surface area contributed by atoms with E-state index in [1.165, 1.54) is 9.47 Å².